The number of carbonyl (C=O) groups excluding carboxylic acids is 1. The fraction of sp³-hybridized carbons (Fsp3) is 0.467. The maximum Gasteiger partial charge on any atom is 0.411 e. The zero-order valence-electron chi connectivity index (χ0n) is 11.4. The number of fused-ring (bicyclic) bond motifs is 2. The third-order valence-corrected chi connectivity index (χ3v) is 4.32. The Morgan fingerprint density at radius 3 is 2.62 bits per heavy atom. The standard InChI is InChI=1S/C15H17NO5/c17-12-7-10-6-11(12)13(14(18)19)16(10)15(20)21-8-9-4-2-1-3-5-9/h1-5,10-13,17H,6-8H2,(H,18,19)/t10-,11-,12-,13+/m1/s1. The molecule has 1 aromatic rings. The number of aliphatic carboxylic acids is 1. The first-order chi connectivity index (χ1) is 10.1. The number of hydrogen-bond acceptors (Lipinski definition) is 4. The van der Waals surface area contributed by atoms with Crippen LogP contribution in [0.4, 0.5) is 4.79 Å². The summed E-state index contributed by atoms with van der Waals surface area (Å²) in [4.78, 5) is 24.8. The number of carboxylic acid groups (broad SMARTS) is 1. The summed E-state index contributed by atoms with van der Waals surface area (Å²) in [5.74, 6) is -1.48. The number of hydrogen-bond donors (Lipinski definition) is 2. The smallest absolute Gasteiger partial charge is 0.411 e. The Hall–Kier alpha value is -2.08. The molecule has 4 atom stereocenters. The Balaban J connectivity index is 1.68. The van der Waals surface area contributed by atoms with E-state index in [-0.39, 0.29) is 12.6 Å². The molecule has 6 nitrogen and oxygen atoms in total. The first-order valence-electron chi connectivity index (χ1n) is 6.98. The average molecular weight is 291 g/mol. The van der Waals surface area contributed by atoms with Gasteiger partial charge in [-0.1, -0.05) is 30.3 Å². The van der Waals surface area contributed by atoms with Gasteiger partial charge in [0.2, 0.25) is 0 Å². The van der Waals surface area contributed by atoms with E-state index in [1.807, 2.05) is 30.3 Å². The number of aliphatic hydroxyl groups is 1. The molecule has 6 heteroatoms. The van der Waals surface area contributed by atoms with Gasteiger partial charge >= 0.3 is 12.1 Å². The Morgan fingerprint density at radius 2 is 1.95 bits per heavy atom. The summed E-state index contributed by atoms with van der Waals surface area (Å²) < 4.78 is 5.22. The van der Waals surface area contributed by atoms with E-state index in [1.54, 1.807) is 0 Å². The summed E-state index contributed by atoms with van der Waals surface area (Å²) >= 11 is 0. The van der Waals surface area contributed by atoms with Crippen LogP contribution in [0.3, 0.4) is 0 Å². The van der Waals surface area contributed by atoms with Gasteiger partial charge in [-0.05, 0) is 18.4 Å². The van der Waals surface area contributed by atoms with Crippen LogP contribution >= 0.6 is 0 Å². The number of aliphatic hydroxyl groups excluding tert-OH is 1. The van der Waals surface area contributed by atoms with Crippen LogP contribution in [0.2, 0.25) is 0 Å². The highest BCUT2D eigenvalue weighted by Crippen LogP contribution is 2.43. The van der Waals surface area contributed by atoms with Crippen molar-refractivity contribution in [3.63, 3.8) is 0 Å². The quantitative estimate of drug-likeness (QED) is 0.874. The Labute approximate surface area is 121 Å². The second-order valence-electron chi connectivity index (χ2n) is 5.59. The Bertz CT molecular complexity index is 546. The first-order valence-corrected chi connectivity index (χ1v) is 6.98. The number of ether oxygens (including phenoxy) is 1. The molecule has 0 spiro atoms. The van der Waals surface area contributed by atoms with Crippen molar-refractivity contribution >= 4 is 12.1 Å². The number of benzene rings is 1. The van der Waals surface area contributed by atoms with E-state index in [9.17, 15) is 19.8 Å². The van der Waals surface area contributed by atoms with Crippen LogP contribution in [0.5, 0.6) is 0 Å². The fourth-order valence-corrected chi connectivity index (χ4v) is 3.38. The molecule has 1 aliphatic heterocycles. The minimum absolute atomic E-state index is 0.114. The van der Waals surface area contributed by atoms with Gasteiger partial charge in [0, 0.05) is 12.0 Å². The molecule has 0 unspecified atom stereocenters. The van der Waals surface area contributed by atoms with Gasteiger partial charge in [-0.15, -0.1) is 0 Å². The first kappa shape index (κ1) is 13.9. The van der Waals surface area contributed by atoms with Gasteiger partial charge < -0.3 is 14.9 Å². The molecule has 0 aromatic heterocycles. The molecule has 2 bridgehead atoms. The van der Waals surface area contributed by atoms with Crippen LogP contribution in [-0.4, -0.2) is 45.4 Å². The molecule has 1 aliphatic carbocycles. The van der Waals surface area contributed by atoms with Gasteiger partial charge in [-0.2, -0.15) is 0 Å². The lowest BCUT2D eigenvalue weighted by Crippen LogP contribution is -2.52. The minimum Gasteiger partial charge on any atom is -0.480 e. The van der Waals surface area contributed by atoms with Crippen LogP contribution in [0, 0.1) is 5.92 Å². The van der Waals surface area contributed by atoms with E-state index in [0.717, 1.165) is 5.56 Å². The van der Waals surface area contributed by atoms with Gasteiger partial charge in [0.1, 0.15) is 12.6 Å². The number of rotatable bonds is 3. The number of likely N-dealkylation sites (tertiary alicyclic amines) is 1. The Morgan fingerprint density at radius 1 is 1.24 bits per heavy atom. The van der Waals surface area contributed by atoms with Gasteiger partial charge in [0.05, 0.1) is 6.10 Å². The zero-order chi connectivity index (χ0) is 15.0. The predicted molar refractivity (Wildman–Crippen MR) is 72.4 cm³/mol. The molecular weight excluding hydrogens is 274 g/mol. The molecule has 3 rings (SSSR count). The number of nitrogens with zero attached hydrogens (tertiary/aromatic N) is 1. The fourth-order valence-electron chi connectivity index (χ4n) is 3.38. The van der Waals surface area contributed by atoms with E-state index in [0.29, 0.717) is 12.8 Å². The number of amides is 1. The van der Waals surface area contributed by atoms with Crippen LogP contribution in [0.1, 0.15) is 18.4 Å². The maximum atomic E-state index is 12.2. The SMILES string of the molecule is O=C(O)[C@@H]1[C@@H]2C[C@H](C[C@H]2O)N1C(=O)OCc1ccccc1. The molecule has 2 aliphatic rings. The molecule has 1 saturated heterocycles. The van der Waals surface area contributed by atoms with Crippen molar-refractivity contribution < 1.29 is 24.5 Å². The lowest BCUT2D eigenvalue weighted by molar-refractivity contribution is -0.146. The molecule has 1 amide bonds. The summed E-state index contributed by atoms with van der Waals surface area (Å²) in [6.07, 6.45) is -0.312. The van der Waals surface area contributed by atoms with Crippen LogP contribution in [0.25, 0.3) is 0 Å². The van der Waals surface area contributed by atoms with Crippen molar-refractivity contribution in [3.05, 3.63) is 35.9 Å². The van der Waals surface area contributed by atoms with Crippen molar-refractivity contribution in [1.29, 1.82) is 0 Å². The van der Waals surface area contributed by atoms with E-state index >= 15 is 0 Å². The van der Waals surface area contributed by atoms with Crippen molar-refractivity contribution in [2.24, 2.45) is 5.92 Å². The molecule has 1 aromatic carbocycles. The van der Waals surface area contributed by atoms with Gasteiger partial charge in [-0.25, -0.2) is 9.59 Å². The minimum atomic E-state index is -1.09. The van der Waals surface area contributed by atoms with Gasteiger partial charge in [0.15, 0.2) is 0 Å². The predicted octanol–water partition coefficient (Wildman–Crippen LogP) is 1.23. The van der Waals surface area contributed by atoms with Crippen molar-refractivity contribution in [2.45, 2.75) is 37.6 Å². The molecule has 2 fully saturated rings. The van der Waals surface area contributed by atoms with Gasteiger partial charge in [-0.3, -0.25) is 4.90 Å². The summed E-state index contributed by atoms with van der Waals surface area (Å²) in [7, 11) is 0. The molecule has 1 heterocycles. The highest BCUT2D eigenvalue weighted by atomic mass is 16.6. The number of piperidine rings is 1. The van der Waals surface area contributed by atoms with E-state index < -0.39 is 30.1 Å². The van der Waals surface area contributed by atoms with Crippen LogP contribution < -0.4 is 0 Å². The molecule has 0 radical (unpaired) electrons. The molecule has 2 N–H and O–H groups in total. The third kappa shape index (κ3) is 2.47. The van der Waals surface area contributed by atoms with Crippen molar-refractivity contribution in [2.75, 3.05) is 0 Å². The normalized spacial score (nSPS) is 30.4. The monoisotopic (exact) mass is 291 g/mol. The lowest BCUT2D eigenvalue weighted by Gasteiger charge is -2.33. The van der Waals surface area contributed by atoms with E-state index in [2.05, 4.69) is 0 Å². The second-order valence-corrected chi connectivity index (χ2v) is 5.59. The lowest BCUT2D eigenvalue weighted by atomic mass is 9.96. The third-order valence-electron chi connectivity index (χ3n) is 4.32. The number of carbonyl (C=O) groups is 2. The van der Waals surface area contributed by atoms with Crippen molar-refractivity contribution in [3.8, 4) is 0 Å². The molecule has 1 saturated carbocycles. The number of carboxylic acids is 1. The summed E-state index contributed by atoms with van der Waals surface area (Å²) in [6.45, 7) is 0.114. The van der Waals surface area contributed by atoms with Crippen LogP contribution in [0.15, 0.2) is 30.3 Å². The topological polar surface area (TPSA) is 87.1 Å². The highest BCUT2D eigenvalue weighted by Gasteiger charge is 2.56. The highest BCUT2D eigenvalue weighted by molar-refractivity contribution is 5.82. The maximum absolute atomic E-state index is 12.2. The van der Waals surface area contributed by atoms with Gasteiger partial charge in [0.25, 0.3) is 0 Å². The van der Waals surface area contributed by atoms with Crippen molar-refractivity contribution in [1.82, 2.24) is 4.90 Å². The molecular formula is C15H17NO5. The summed E-state index contributed by atoms with van der Waals surface area (Å²) in [5.41, 5.74) is 0.849. The molecule has 21 heavy (non-hydrogen) atoms. The van der Waals surface area contributed by atoms with E-state index in [1.165, 1.54) is 4.90 Å². The molecule has 112 valence electrons. The summed E-state index contributed by atoms with van der Waals surface area (Å²) in [6, 6.07) is 8.00. The van der Waals surface area contributed by atoms with E-state index in [4.69, 9.17) is 4.74 Å². The average Bonchev–Trinajstić information content (AvgIpc) is 3.02. The zero-order valence-corrected chi connectivity index (χ0v) is 11.4. The Kier molecular flexibility index (Phi) is 3.55. The second kappa shape index (κ2) is 5.37. The largest absolute Gasteiger partial charge is 0.480 e. The summed E-state index contributed by atoms with van der Waals surface area (Å²) in [5, 5.41) is 19.1. The van der Waals surface area contributed by atoms with Crippen LogP contribution in [-0.2, 0) is 16.1 Å².